The topological polar surface area (TPSA) is 359 Å². The Balaban J connectivity index is 1.41. The summed E-state index contributed by atoms with van der Waals surface area (Å²) in [5.74, 6) is -7.27. The Morgan fingerprint density at radius 2 is 1.26 bits per heavy atom. The molecule has 66 heavy (non-hydrogen) atoms. The normalized spacial score (nSPS) is 14.5. The molecule has 1 aliphatic carbocycles. The molecule has 358 valence electrons. The number of unbranched alkanes of at least 4 members (excludes halogenated alkanes) is 1. The fourth-order valence-electron chi connectivity index (χ4n) is 7.31. The molecule has 6 atom stereocenters. The van der Waals surface area contributed by atoms with Crippen LogP contribution in [0.3, 0.4) is 0 Å². The summed E-state index contributed by atoms with van der Waals surface area (Å²) in [4.78, 5) is 109. The lowest BCUT2D eigenvalue weighted by Gasteiger charge is -2.27. The molecule has 0 radical (unpaired) electrons. The third-order valence-electron chi connectivity index (χ3n) is 10.8. The monoisotopic (exact) mass is 920 g/mol. The number of carboxylic acids is 1. The summed E-state index contributed by atoms with van der Waals surface area (Å²) in [5, 5.41) is 44.3. The van der Waals surface area contributed by atoms with Crippen molar-refractivity contribution in [1.82, 2.24) is 41.9 Å². The Morgan fingerprint density at radius 1 is 0.727 bits per heavy atom. The molecule has 0 saturated heterocycles. The highest BCUT2D eigenvalue weighted by atomic mass is 16.5. The van der Waals surface area contributed by atoms with Crippen molar-refractivity contribution >= 4 is 47.5 Å². The van der Waals surface area contributed by atoms with Gasteiger partial charge in [-0.05, 0) is 60.3 Å². The van der Waals surface area contributed by atoms with Crippen molar-refractivity contribution in [2.24, 2.45) is 17.4 Å². The van der Waals surface area contributed by atoms with Crippen molar-refractivity contribution in [3.05, 3.63) is 77.9 Å². The summed E-state index contributed by atoms with van der Waals surface area (Å²) in [6.07, 6.45) is 1.96. The number of carbonyl (C=O) groups excluding carboxylic acids is 7. The van der Waals surface area contributed by atoms with E-state index in [9.17, 15) is 53.7 Å². The lowest BCUT2D eigenvalue weighted by atomic mass is 9.98. The number of primary amides is 1. The predicted molar refractivity (Wildman–Crippen MR) is 237 cm³/mol. The first-order valence-electron chi connectivity index (χ1n) is 21.6. The molecule has 2 aromatic carbocycles. The van der Waals surface area contributed by atoms with Crippen LogP contribution in [0.4, 0.5) is 4.79 Å². The number of aliphatic hydroxyl groups is 2. The molecule has 7 amide bonds. The Bertz CT molecular complexity index is 2110. The number of benzene rings is 2. The van der Waals surface area contributed by atoms with Gasteiger partial charge in [-0.25, -0.2) is 14.6 Å². The van der Waals surface area contributed by atoms with Gasteiger partial charge < -0.3 is 68.4 Å². The van der Waals surface area contributed by atoms with Crippen molar-refractivity contribution in [2.75, 3.05) is 26.4 Å². The van der Waals surface area contributed by atoms with Crippen molar-refractivity contribution in [3.8, 4) is 11.1 Å². The summed E-state index contributed by atoms with van der Waals surface area (Å²) >= 11 is 0. The number of amides is 7. The van der Waals surface area contributed by atoms with E-state index in [1.165, 1.54) is 12.5 Å². The van der Waals surface area contributed by atoms with Gasteiger partial charge >= 0.3 is 12.1 Å². The standard InChI is InChI=1S/C44H60N10O12/c1-24(2)17-34(40(60)51-33(43(63)64)14-15-37(46)57)52-39(59)32(50-41(61)36(21-56)54-42(62)35(20-55)53-38(58)31(45)18-25-19-47-23-49-25)13-7-8-16-48-44(65)66-22-30-28-11-5-3-9-26(28)27-10-4-6-12-29(27)30/h3-6,9-12,19,23-24,30-36,55-56H,7-8,13-18,20-22,45H2,1-2H3,(H2,46,57)(H,47,49)(H,48,65)(H,50,61)(H,51,60)(H,52,59)(H,53,58)(H,54,62)(H,63,64)/t31-,32-,33-,34-,35-,36-/m0/s1. The van der Waals surface area contributed by atoms with Crippen molar-refractivity contribution in [3.63, 3.8) is 0 Å². The Hall–Kier alpha value is -6.91. The van der Waals surface area contributed by atoms with Crippen LogP contribution in [0.2, 0.25) is 0 Å². The third-order valence-corrected chi connectivity index (χ3v) is 10.8. The minimum Gasteiger partial charge on any atom is -0.480 e. The van der Waals surface area contributed by atoms with E-state index in [1.807, 2.05) is 48.5 Å². The molecule has 22 heteroatoms. The number of hydrogen-bond acceptors (Lipinski definition) is 13. The first-order valence-corrected chi connectivity index (χ1v) is 21.6. The van der Waals surface area contributed by atoms with Crippen LogP contribution >= 0.6 is 0 Å². The van der Waals surface area contributed by atoms with E-state index in [2.05, 4.69) is 41.9 Å². The summed E-state index contributed by atoms with van der Waals surface area (Å²) < 4.78 is 5.60. The smallest absolute Gasteiger partial charge is 0.407 e. The molecule has 0 aliphatic heterocycles. The number of nitrogens with one attached hydrogen (secondary N) is 7. The van der Waals surface area contributed by atoms with Crippen LogP contribution in [-0.2, 0) is 44.7 Å². The highest BCUT2D eigenvalue weighted by molar-refractivity contribution is 5.96. The van der Waals surface area contributed by atoms with Crippen molar-refractivity contribution < 1.29 is 58.4 Å². The number of aliphatic hydroxyl groups excluding tert-OH is 2. The van der Waals surface area contributed by atoms with Gasteiger partial charge in [0, 0.05) is 37.2 Å². The van der Waals surface area contributed by atoms with Gasteiger partial charge in [0.15, 0.2) is 0 Å². The zero-order chi connectivity index (χ0) is 48.3. The molecule has 0 unspecified atom stereocenters. The van der Waals surface area contributed by atoms with Gasteiger partial charge in [0.1, 0.15) is 36.8 Å². The molecule has 14 N–H and O–H groups in total. The number of nitrogens with zero attached hydrogens (tertiary/aromatic N) is 1. The number of aromatic nitrogens is 2. The Morgan fingerprint density at radius 3 is 1.80 bits per heavy atom. The van der Waals surface area contributed by atoms with Crippen LogP contribution in [0, 0.1) is 5.92 Å². The lowest BCUT2D eigenvalue weighted by molar-refractivity contribution is -0.142. The molecule has 0 bridgehead atoms. The number of aromatic amines is 1. The molecule has 0 spiro atoms. The number of rotatable bonds is 27. The van der Waals surface area contributed by atoms with E-state index in [0.717, 1.165) is 22.3 Å². The third kappa shape index (κ3) is 15.4. The molecule has 1 heterocycles. The molecule has 22 nitrogen and oxygen atoms in total. The fourth-order valence-corrected chi connectivity index (χ4v) is 7.31. The summed E-state index contributed by atoms with van der Waals surface area (Å²) in [6.45, 7) is 1.80. The van der Waals surface area contributed by atoms with Gasteiger partial charge in [-0.3, -0.25) is 28.8 Å². The predicted octanol–water partition coefficient (Wildman–Crippen LogP) is -1.21. The first kappa shape index (κ1) is 51.7. The molecular weight excluding hydrogens is 861 g/mol. The largest absolute Gasteiger partial charge is 0.480 e. The minimum absolute atomic E-state index is 0.0251. The van der Waals surface area contributed by atoms with E-state index in [-0.39, 0.29) is 69.9 Å². The van der Waals surface area contributed by atoms with Gasteiger partial charge in [0.2, 0.25) is 35.4 Å². The molecule has 4 rings (SSSR count). The summed E-state index contributed by atoms with van der Waals surface area (Å²) in [6, 6.07) is 7.08. The lowest BCUT2D eigenvalue weighted by Crippen LogP contribution is -2.60. The van der Waals surface area contributed by atoms with Crippen LogP contribution in [0.25, 0.3) is 11.1 Å². The number of carboxylic acid groups (broad SMARTS) is 1. The number of carbonyl (C=O) groups is 8. The maximum absolute atomic E-state index is 13.9. The van der Waals surface area contributed by atoms with Crippen LogP contribution in [0.15, 0.2) is 61.1 Å². The van der Waals surface area contributed by atoms with Gasteiger partial charge in [-0.1, -0.05) is 62.4 Å². The zero-order valence-electron chi connectivity index (χ0n) is 36.8. The quantitative estimate of drug-likeness (QED) is 0.0400. The van der Waals surface area contributed by atoms with Gasteiger partial charge in [0.05, 0.1) is 25.6 Å². The van der Waals surface area contributed by atoms with Crippen LogP contribution in [0.1, 0.15) is 75.1 Å². The second-order valence-electron chi connectivity index (χ2n) is 16.3. The van der Waals surface area contributed by atoms with E-state index in [1.54, 1.807) is 13.8 Å². The number of aliphatic carboxylic acids is 1. The molecule has 0 saturated carbocycles. The van der Waals surface area contributed by atoms with Gasteiger partial charge in [-0.15, -0.1) is 0 Å². The maximum atomic E-state index is 13.9. The summed E-state index contributed by atoms with van der Waals surface area (Å²) in [5.41, 5.74) is 15.9. The number of alkyl carbamates (subject to hydrolysis) is 1. The highest BCUT2D eigenvalue weighted by Crippen LogP contribution is 2.44. The molecule has 1 aromatic heterocycles. The summed E-state index contributed by atoms with van der Waals surface area (Å²) in [7, 11) is 0. The maximum Gasteiger partial charge on any atom is 0.407 e. The number of hydrogen-bond donors (Lipinski definition) is 12. The first-order chi connectivity index (χ1) is 31.5. The Kier molecular flexibility index (Phi) is 20.0. The van der Waals surface area contributed by atoms with Gasteiger partial charge in [-0.2, -0.15) is 0 Å². The van der Waals surface area contributed by atoms with E-state index >= 15 is 0 Å². The van der Waals surface area contributed by atoms with Crippen LogP contribution in [0.5, 0.6) is 0 Å². The van der Waals surface area contributed by atoms with Crippen LogP contribution in [-0.4, -0.2) is 135 Å². The molecule has 0 fully saturated rings. The van der Waals surface area contributed by atoms with Crippen molar-refractivity contribution in [2.45, 2.75) is 101 Å². The SMILES string of the molecule is CC(C)C[C@H](NC(=O)[C@H](CCCCNC(=O)OCC1c2ccccc2-c2ccccc21)NC(=O)[C@H](CO)NC(=O)[C@H](CO)NC(=O)[C@@H](N)Cc1cnc[nH]1)C(=O)N[C@@H](CCC(N)=O)C(=O)O. The second kappa shape index (κ2) is 25.5. The second-order valence-corrected chi connectivity index (χ2v) is 16.3. The van der Waals surface area contributed by atoms with E-state index < -0.39 is 97.0 Å². The Labute approximate surface area is 380 Å². The average molecular weight is 921 g/mol. The molecular formula is C44H60N10O12. The number of ether oxygens (including phenoxy) is 1. The molecule has 1 aliphatic rings. The van der Waals surface area contributed by atoms with Crippen molar-refractivity contribution in [1.29, 1.82) is 0 Å². The zero-order valence-corrected chi connectivity index (χ0v) is 36.8. The highest BCUT2D eigenvalue weighted by Gasteiger charge is 2.34. The number of nitrogens with two attached hydrogens (primary N) is 2. The fraction of sp³-hybridized carbons (Fsp3) is 0.477. The van der Waals surface area contributed by atoms with Crippen LogP contribution < -0.4 is 43.4 Å². The molecule has 3 aromatic rings. The van der Waals surface area contributed by atoms with Gasteiger partial charge in [0.25, 0.3) is 0 Å². The number of imidazole rings is 1. The number of H-pyrrole nitrogens is 1. The average Bonchev–Trinajstić information content (AvgIpc) is 3.92. The minimum atomic E-state index is -1.70. The van der Waals surface area contributed by atoms with E-state index in [4.69, 9.17) is 16.2 Å². The van der Waals surface area contributed by atoms with E-state index in [0.29, 0.717) is 5.69 Å². The number of fused-ring (bicyclic) bond motifs is 3.